The molecule has 112 valence electrons. The summed E-state index contributed by atoms with van der Waals surface area (Å²) in [6, 6.07) is 14.1. The van der Waals surface area contributed by atoms with Gasteiger partial charge in [0, 0.05) is 17.3 Å². The van der Waals surface area contributed by atoms with E-state index in [-0.39, 0.29) is 0 Å². The molecule has 3 heteroatoms. The molecule has 2 nitrogen and oxygen atoms in total. The Kier molecular flexibility index (Phi) is 5.94. The molecule has 0 aliphatic heterocycles. The minimum Gasteiger partial charge on any atom is -0.494 e. The van der Waals surface area contributed by atoms with Crippen molar-refractivity contribution in [3.05, 3.63) is 58.6 Å². The van der Waals surface area contributed by atoms with E-state index in [9.17, 15) is 0 Å². The van der Waals surface area contributed by atoms with Crippen LogP contribution in [0.5, 0.6) is 5.75 Å². The lowest BCUT2D eigenvalue weighted by molar-refractivity contribution is 0.309. The highest BCUT2D eigenvalue weighted by atomic mass is 35.5. The zero-order valence-electron chi connectivity index (χ0n) is 12.7. The van der Waals surface area contributed by atoms with Crippen LogP contribution in [0.2, 0.25) is 5.02 Å². The van der Waals surface area contributed by atoms with Crippen LogP contribution < -0.4 is 10.1 Å². The lowest BCUT2D eigenvalue weighted by Gasteiger charge is -2.11. The Morgan fingerprint density at radius 1 is 1.10 bits per heavy atom. The van der Waals surface area contributed by atoms with Crippen molar-refractivity contribution in [3.8, 4) is 5.75 Å². The van der Waals surface area contributed by atoms with Crippen LogP contribution in [-0.2, 0) is 6.54 Å². The van der Waals surface area contributed by atoms with Crippen LogP contribution >= 0.6 is 11.6 Å². The molecule has 0 heterocycles. The maximum absolute atomic E-state index is 6.12. The Labute approximate surface area is 132 Å². The van der Waals surface area contributed by atoms with Gasteiger partial charge in [-0.1, -0.05) is 43.1 Å². The molecule has 2 aromatic rings. The maximum Gasteiger partial charge on any atom is 0.119 e. The predicted molar refractivity (Wildman–Crippen MR) is 90.4 cm³/mol. The lowest BCUT2D eigenvalue weighted by atomic mass is 10.1. The molecule has 0 saturated heterocycles. The normalized spacial score (nSPS) is 10.4. The number of hydrogen-bond donors (Lipinski definition) is 1. The molecule has 0 radical (unpaired) electrons. The van der Waals surface area contributed by atoms with E-state index in [1.54, 1.807) is 0 Å². The first-order chi connectivity index (χ1) is 10.2. The van der Waals surface area contributed by atoms with Gasteiger partial charge >= 0.3 is 0 Å². The minimum atomic E-state index is 0.774. The van der Waals surface area contributed by atoms with Crippen molar-refractivity contribution >= 4 is 17.3 Å². The van der Waals surface area contributed by atoms with Gasteiger partial charge in [0.25, 0.3) is 0 Å². The number of benzene rings is 2. The second-order valence-electron chi connectivity index (χ2n) is 5.11. The highest BCUT2D eigenvalue weighted by molar-refractivity contribution is 6.31. The lowest BCUT2D eigenvalue weighted by Crippen LogP contribution is -2.01. The summed E-state index contributed by atoms with van der Waals surface area (Å²) >= 11 is 6.12. The number of anilines is 1. The molecule has 0 bridgehead atoms. The number of unbranched alkanes of at least 4 members (excludes halogenated alkanes) is 1. The average Bonchev–Trinajstić information content (AvgIpc) is 2.50. The zero-order chi connectivity index (χ0) is 15.1. The third-order valence-electron chi connectivity index (χ3n) is 3.44. The molecule has 0 aromatic heterocycles. The average molecular weight is 304 g/mol. The topological polar surface area (TPSA) is 21.3 Å². The molecule has 0 amide bonds. The standard InChI is InChI=1S/C18H22ClNO/c1-3-4-12-21-16-10-8-15(9-11-16)13-20-18-7-5-6-17(19)14(18)2/h5-11,20H,3-4,12-13H2,1-2H3. The van der Waals surface area contributed by atoms with E-state index in [4.69, 9.17) is 16.3 Å². The summed E-state index contributed by atoms with van der Waals surface area (Å²) in [5, 5.41) is 4.21. The van der Waals surface area contributed by atoms with Gasteiger partial charge < -0.3 is 10.1 Å². The van der Waals surface area contributed by atoms with Crippen LogP contribution in [-0.4, -0.2) is 6.61 Å². The van der Waals surface area contributed by atoms with Crippen LogP contribution in [0.4, 0.5) is 5.69 Å². The summed E-state index contributed by atoms with van der Waals surface area (Å²) in [5.41, 5.74) is 3.38. The highest BCUT2D eigenvalue weighted by Crippen LogP contribution is 2.23. The van der Waals surface area contributed by atoms with Crippen LogP contribution in [0, 0.1) is 6.92 Å². The monoisotopic (exact) mass is 303 g/mol. The minimum absolute atomic E-state index is 0.774. The third-order valence-corrected chi connectivity index (χ3v) is 3.85. The van der Waals surface area contributed by atoms with E-state index in [0.717, 1.165) is 48.0 Å². The van der Waals surface area contributed by atoms with Crippen LogP contribution in [0.1, 0.15) is 30.9 Å². The fraction of sp³-hybridized carbons (Fsp3) is 0.333. The molecular formula is C18H22ClNO. The first-order valence-corrected chi connectivity index (χ1v) is 7.79. The Bertz CT molecular complexity index is 566. The molecule has 2 aromatic carbocycles. The number of nitrogens with one attached hydrogen (secondary N) is 1. The van der Waals surface area contributed by atoms with Gasteiger partial charge in [0.1, 0.15) is 5.75 Å². The molecule has 0 spiro atoms. The molecule has 1 N–H and O–H groups in total. The molecule has 0 atom stereocenters. The Balaban J connectivity index is 1.90. The van der Waals surface area contributed by atoms with Gasteiger partial charge in [-0.15, -0.1) is 0 Å². The van der Waals surface area contributed by atoms with E-state index < -0.39 is 0 Å². The van der Waals surface area contributed by atoms with Gasteiger partial charge in [-0.05, 0) is 48.7 Å². The molecular weight excluding hydrogens is 282 g/mol. The molecule has 21 heavy (non-hydrogen) atoms. The quantitative estimate of drug-likeness (QED) is 0.688. The van der Waals surface area contributed by atoms with Gasteiger partial charge in [0.2, 0.25) is 0 Å². The Morgan fingerprint density at radius 2 is 1.86 bits per heavy atom. The van der Waals surface area contributed by atoms with Crippen LogP contribution in [0.3, 0.4) is 0 Å². The second-order valence-corrected chi connectivity index (χ2v) is 5.52. The van der Waals surface area contributed by atoms with Crippen molar-refractivity contribution in [1.29, 1.82) is 0 Å². The largest absolute Gasteiger partial charge is 0.494 e. The molecule has 0 unspecified atom stereocenters. The Hall–Kier alpha value is -1.67. The molecule has 0 aliphatic rings. The number of hydrogen-bond acceptors (Lipinski definition) is 2. The van der Waals surface area contributed by atoms with Crippen LogP contribution in [0.15, 0.2) is 42.5 Å². The second kappa shape index (κ2) is 7.94. The number of halogens is 1. The van der Waals surface area contributed by atoms with Crippen molar-refractivity contribution < 1.29 is 4.74 Å². The van der Waals surface area contributed by atoms with E-state index in [1.807, 2.05) is 37.3 Å². The van der Waals surface area contributed by atoms with E-state index >= 15 is 0 Å². The molecule has 0 aliphatic carbocycles. The third kappa shape index (κ3) is 4.68. The zero-order valence-corrected chi connectivity index (χ0v) is 13.4. The summed E-state index contributed by atoms with van der Waals surface area (Å²) in [4.78, 5) is 0. The van der Waals surface area contributed by atoms with Crippen molar-refractivity contribution in [2.24, 2.45) is 0 Å². The maximum atomic E-state index is 6.12. The van der Waals surface area contributed by atoms with Crippen molar-refractivity contribution in [3.63, 3.8) is 0 Å². The fourth-order valence-corrected chi connectivity index (χ4v) is 2.21. The highest BCUT2D eigenvalue weighted by Gasteiger charge is 2.02. The summed E-state index contributed by atoms with van der Waals surface area (Å²) < 4.78 is 5.66. The summed E-state index contributed by atoms with van der Waals surface area (Å²) in [6.07, 6.45) is 2.25. The van der Waals surface area contributed by atoms with E-state index in [1.165, 1.54) is 5.56 Å². The van der Waals surface area contributed by atoms with Gasteiger partial charge in [-0.25, -0.2) is 0 Å². The van der Waals surface area contributed by atoms with E-state index in [0.29, 0.717) is 0 Å². The first-order valence-electron chi connectivity index (χ1n) is 7.41. The summed E-state index contributed by atoms with van der Waals surface area (Å²) in [5.74, 6) is 0.936. The molecule has 0 saturated carbocycles. The first kappa shape index (κ1) is 15.7. The smallest absolute Gasteiger partial charge is 0.119 e. The van der Waals surface area contributed by atoms with Crippen molar-refractivity contribution in [2.45, 2.75) is 33.2 Å². The van der Waals surface area contributed by atoms with Gasteiger partial charge in [0.15, 0.2) is 0 Å². The van der Waals surface area contributed by atoms with Crippen molar-refractivity contribution in [1.82, 2.24) is 0 Å². The van der Waals surface area contributed by atoms with Gasteiger partial charge in [-0.2, -0.15) is 0 Å². The Morgan fingerprint density at radius 3 is 2.57 bits per heavy atom. The summed E-state index contributed by atoms with van der Waals surface area (Å²) in [7, 11) is 0. The fourth-order valence-electron chi connectivity index (χ4n) is 2.03. The van der Waals surface area contributed by atoms with E-state index in [2.05, 4.69) is 24.4 Å². The SMILES string of the molecule is CCCCOc1ccc(CNc2cccc(Cl)c2C)cc1. The number of ether oxygens (including phenoxy) is 1. The van der Waals surface area contributed by atoms with Crippen molar-refractivity contribution in [2.75, 3.05) is 11.9 Å². The molecule has 0 fully saturated rings. The molecule has 2 rings (SSSR count). The summed E-state index contributed by atoms with van der Waals surface area (Å²) in [6.45, 7) is 5.75. The van der Waals surface area contributed by atoms with Crippen LogP contribution in [0.25, 0.3) is 0 Å². The van der Waals surface area contributed by atoms with Gasteiger partial charge in [0.05, 0.1) is 6.61 Å². The predicted octanol–water partition coefficient (Wildman–Crippen LogP) is 5.44. The van der Waals surface area contributed by atoms with Gasteiger partial charge in [-0.3, -0.25) is 0 Å². The number of rotatable bonds is 7.